The Labute approximate surface area is 167 Å². The Hall–Kier alpha value is -3.49. The van der Waals surface area contributed by atoms with E-state index in [-0.39, 0.29) is 24.7 Å². The molecule has 3 heterocycles. The van der Waals surface area contributed by atoms with E-state index in [9.17, 15) is 19.2 Å². The molecule has 0 aliphatic carbocycles. The van der Waals surface area contributed by atoms with Gasteiger partial charge in [-0.05, 0) is 19.4 Å². The van der Waals surface area contributed by atoms with Crippen LogP contribution in [0.1, 0.15) is 19.4 Å². The lowest BCUT2D eigenvalue weighted by Gasteiger charge is -2.39. The normalized spacial score (nSPS) is 23.1. The lowest BCUT2D eigenvalue weighted by molar-refractivity contribution is -0.139. The van der Waals surface area contributed by atoms with E-state index in [1.165, 1.54) is 18.7 Å². The predicted molar refractivity (Wildman–Crippen MR) is 104 cm³/mol. The molecule has 150 valence electrons. The third-order valence-electron chi connectivity index (χ3n) is 5.13. The maximum absolute atomic E-state index is 13.1. The number of carbonyl (C=O) groups is 4. The van der Waals surface area contributed by atoms with Gasteiger partial charge < -0.3 is 14.7 Å². The topological polar surface area (TPSA) is 93.6 Å². The summed E-state index contributed by atoms with van der Waals surface area (Å²) >= 11 is 0. The summed E-state index contributed by atoms with van der Waals surface area (Å²) in [5.41, 5.74) is 1.64. The lowest BCUT2D eigenvalue weighted by atomic mass is 10.1. The number of benzene rings is 1. The fourth-order valence-electron chi connectivity index (χ4n) is 3.87. The SMILES string of the molecule is CC(=O)CN1C(=O)C2C(N=C3N(CC(C)=O)C(c4ccccc4)=CN32)N(C)C1=O. The van der Waals surface area contributed by atoms with Crippen LogP contribution in [-0.2, 0) is 14.4 Å². The molecule has 2 atom stereocenters. The Bertz CT molecular complexity index is 970. The number of nitrogens with zero attached hydrogens (tertiary/aromatic N) is 5. The molecule has 2 unspecified atom stereocenters. The molecule has 1 saturated heterocycles. The van der Waals surface area contributed by atoms with Crippen LogP contribution >= 0.6 is 0 Å². The molecule has 1 aromatic rings. The molecule has 1 aromatic carbocycles. The Balaban J connectivity index is 1.75. The average molecular weight is 395 g/mol. The van der Waals surface area contributed by atoms with Gasteiger partial charge in [0.1, 0.15) is 11.6 Å². The van der Waals surface area contributed by atoms with Crippen molar-refractivity contribution < 1.29 is 19.2 Å². The van der Waals surface area contributed by atoms with Crippen LogP contribution in [0.2, 0.25) is 0 Å². The first-order valence-electron chi connectivity index (χ1n) is 9.27. The van der Waals surface area contributed by atoms with E-state index in [2.05, 4.69) is 4.99 Å². The number of ketones is 2. The number of carbonyl (C=O) groups excluding carboxylic acids is 4. The van der Waals surface area contributed by atoms with Gasteiger partial charge in [0.05, 0.1) is 18.8 Å². The Kier molecular flexibility index (Phi) is 4.45. The number of aliphatic imine (C=N–C) groups is 1. The number of urea groups is 1. The molecule has 0 N–H and O–H groups in total. The van der Waals surface area contributed by atoms with Crippen molar-refractivity contribution in [3.05, 3.63) is 42.1 Å². The average Bonchev–Trinajstić information content (AvgIpc) is 3.21. The highest BCUT2D eigenvalue weighted by molar-refractivity contribution is 6.08. The van der Waals surface area contributed by atoms with Crippen molar-refractivity contribution in [2.24, 2.45) is 4.99 Å². The molecule has 0 aromatic heterocycles. The van der Waals surface area contributed by atoms with Crippen molar-refractivity contribution in [1.82, 2.24) is 19.6 Å². The van der Waals surface area contributed by atoms with Crippen LogP contribution in [0.3, 0.4) is 0 Å². The molecule has 0 saturated carbocycles. The number of Topliss-reactive ketones (excluding diaryl/α,β-unsaturated/α-hetero) is 2. The van der Waals surface area contributed by atoms with Gasteiger partial charge in [0.15, 0.2) is 12.2 Å². The van der Waals surface area contributed by atoms with Gasteiger partial charge in [0.2, 0.25) is 5.96 Å². The summed E-state index contributed by atoms with van der Waals surface area (Å²) < 4.78 is 0. The third-order valence-corrected chi connectivity index (χ3v) is 5.13. The smallest absolute Gasteiger partial charge is 0.303 e. The monoisotopic (exact) mass is 395 g/mol. The molecule has 3 amide bonds. The minimum absolute atomic E-state index is 0.0554. The van der Waals surface area contributed by atoms with Crippen molar-refractivity contribution >= 4 is 35.2 Å². The van der Waals surface area contributed by atoms with Crippen molar-refractivity contribution in [2.45, 2.75) is 26.1 Å². The minimum Gasteiger partial charge on any atom is -0.303 e. The van der Waals surface area contributed by atoms with Gasteiger partial charge in [-0.25, -0.2) is 9.79 Å². The fraction of sp³-hybridized carbons (Fsp3) is 0.350. The number of rotatable bonds is 5. The summed E-state index contributed by atoms with van der Waals surface area (Å²) in [6.07, 6.45) is 1.08. The maximum Gasteiger partial charge on any atom is 0.328 e. The van der Waals surface area contributed by atoms with Gasteiger partial charge >= 0.3 is 6.03 Å². The number of amides is 3. The van der Waals surface area contributed by atoms with E-state index in [1.54, 1.807) is 23.0 Å². The summed E-state index contributed by atoms with van der Waals surface area (Å²) in [7, 11) is 1.56. The summed E-state index contributed by atoms with van der Waals surface area (Å²) in [5.74, 6) is -0.356. The standard InChI is InChI=1S/C20H21N5O4/c1-12(26)9-23-15(14-7-5-4-6-8-14)11-24-16-17(21-19(23)24)22(3)20(29)25(18(16)28)10-13(2)27/h4-8,11,16-17H,9-10H2,1-3H3. The second-order valence-electron chi connectivity index (χ2n) is 7.38. The van der Waals surface area contributed by atoms with Gasteiger partial charge in [0, 0.05) is 13.2 Å². The Morgan fingerprint density at radius 1 is 1.00 bits per heavy atom. The molecular weight excluding hydrogens is 374 g/mol. The van der Waals surface area contributed by atoms with Crippen molar-refractivity contribution in [3.8, 4) is 0 Å². The van der Waals surface area contributed by atoms with Crippen LogP contribution in [-0.4, -0.2) is 81.4 Å². The van der Waals surface area contributed by atoms with Gasteiger partial charge in [-0.15, -0.1) is 0 Å². The molecular formula is C20H21N5O4. The molecule has 0 radical (unpaired) electrons. The Morgan fingerprint density at radius 3 is 2.24 bits per heavy atom. The summed E-state index contributed by atoms with van der Waals surface area (Å²) in [4.78, 5) is 59.6. The molecule has 0 bridgehead atoms. The van der Waals surface area contributed by atoms with Crippen LogP contribution in [0.5, 0.6) is 0 Å². The fourth-order valence-corrected chi connectivity index (χ4v) is 3.87. The molecule has 0 spiro atoms. The van der Waals surface area contributed by atoms with E-state index in [0.29, 0.717) is 5.96 Å². The van der Waals surface area contributed by atoms with Gasteiger partial charge in [-0.3, -0.25) is 19.3 Å². The second-order valence-corrected chi connectivity index (χ2v) is 7.38. The predicted octanol–water partition coefficient (Wildman–Crippen LogP) is 0.739. The molecule has 29 heavy (non-hydrogen) atoms. The number of fused-ring (bicyclic) bond motifs is 3. The summed E-state index contributed by atoms with van der Waals surface area (Å²) in [6, 6.07) is 8.18. The third kappa shape index (κ3) is 2.98. The molecule has 9 nitrogen and oxygen atoms in total. The zero-order valence-electron chi connectivity index (χ0n) is 16.4. The first-order valence-corrected chi connectivity index (χ1v) is 9.27. The highest BCUT2D eigenvalue weighted by Crippen LogP contribution is 2.37. The quantitative estimate of drug-likeness (QED) is 0.730. The first kappa shape index (κ1) is 18.9. The number of hydrogen-bond donors (Lipinski definition) is 0. The van der Waals surface area contributed by atoms with Crippen LogP contribution in [0.15, 0.2) is 41.5 Å². The Morgan fingerprint density at radius 2 is 1.62 bits per heavy atom. The zero-order chi connectivity index (χ0) is 20.9. The number of imide groups is 1. The van der Waals surface area contributed by atoms with E-state index in [0.717, 1.165) is 16.2 Å². The largest absolute Gasteiger partial charge is 0.328 e. The van der Waals surface area contributed by atoms with Gasteiger partial charge in [-0.1, -0.05) is 30.3 Å². The first-order chi connectivity index (χ1) is 13.8. The number of hydrogen-bond acceptors (Lipinski definition) is 7. The number of guanidine groups is 1. The van der Waals surface area contributed by atoms with Crippen LogP contribution in [0.25, 0.3) is 5.70 Å². The molecule has 4 rings (SSSR count). The maximum atomic E-state index is 13.1. The molecule has 3 aliphatic rings. The highest BCUT2D eigenvalue weighted by Gasteiger charge is 2.54. The highest BCUT2D eigenvalue weighted by atomic mass is 16.2. The second kappa shape index (κ2) is 6.84. The van der Waals surface area contributed by atoms with Crippen LogP contribution in [0.4, 0.5) is 4.79 Å². The minimum atomic E-state index is -0.775. The van der Waals surface area contributed by atoms with E-state index >= 15 is 0 Å². The van der Waals surface area contributed by atoms with E-state index in [1.807, 2.05) is 30.3 Å². The van der Waals surface area contributed by atoms with Crippen molar-refractivity contribution in [3.63, 3.8) is 0 Å². The van der Waals surface area contributed by atoms with Gasteiger partial charge in [0.25, 0.3) is 5.91 Å². The summed E-state index contributed by atoms with van der Waals surface area (Å²) in [6.45, 7) is 2.64. The number of likely N-dealkylation sites (N-methyl/N-ethyl adjacent to an activating group) is 1. The van der Waals surface area contributed by atoms with E-state index in [4.69, 9.17) is 0 Å². The van der Waals surface area contributed by atoms with Crippen molar-refractivity contribution in [2.75, 3.05) is 20.1 Å². The zero-order valence-corrected chi connectivity index (χ0v) is 16.4. The molecule has 3 aliphatic heterocycles. The van der Waals surface area contributed by atoms with Crippen LogP contribution in [0, 0.1) is 0 Å². The van der Waals surface area contributed by atoms with Crippen LogP contribution < -0.4 is 0 Å². The summed E-state index contributed by atoms with van der Waals surface area (Å²) in [5, 5.41) is 0. The van der Waals surface area contributed by atoms with E-state index < -0.39 is 24.1 Å². The molecule has 9 heteroatoms. The lowest BCUT2D eigenvalue weighted by Crippen LogP contribution is -2.64. The van der Waals surface area contributed by atoms with Crippen molar-refractivity contribution in [1.29, 1.82) is 0 Å². The molecule has 1 fully saturated rings. The van der Waals surface area contributed by atoms with Gasteiger partial charge in [-0.2, -0.15) is 0 Å².